The Balaban J connectivity index is 1.65. The van der Waals surface area contributed by atoms with Crippen LogP contribution in [0, 0.1) is 5.41 Å². The van der Waals surface area contributed by atoms with Crippen molar-refractivity contribution in [3.8, 4) is 11.6 Å². The average molecular weight is 547 g/mol. The summed E-state index contributed by atoms with van der Waals surface area (Å²) in [7, 11) is 3.16. The molecule has 0 saturated heterocycles. The van der Waals surface area contributed by atoms with Crippen LogP contribution in [0.5, 0.6) is 11.6 Å². The van der Waals surface area contributed by atoms with E-state index in [9.17, 15) is 18.3 Å². The summed E-state index contributed by atoms with van der Waals surface area (Å²) < 4.78 is 52.7. The molecule has 200 valence electrons. The van der Waals surface area contributed by atoms with E-state index >= 15 is 0 Å². The molecule has 1 aromatic carbocycles. The smallest absolute Gasteiger partial charge is 0.433 e. The molecular formula is C27H26ClF3N4O3. The van der Waals surface area contributed by atoms with E-state index in [0.717, 1.165) is 31.5 Å². The summed E-state index contributed by atoms with van der Waals surface area (Å²) in [5.41, 5.74) is -1.63. The minimum atomic E-state index is -4.61. The molecule has 3 heterocycles. The Morgan fingerprint density at radius 2 is 1.87 bits per heavy atom. The lowest BCUT2D eigenvalue weighted by Gasteiger charge is -2.37. The van der Waals surface area contributed by atoms with Crippen LogP contribution in [0.1, 0.15) is 48.7 Å². The molecule has 0 bridgehead atoms. The van der Waals surface area contributed by atoms with Crippen molar-refractivity contribution in [3.05, 3.63) is 76.6 Å². The lowest BCUT2D eigenvalue weighted by atomic mass is 9.71. The molecule has 1 unspecified atom stereocenters. The molecule has 4 aromatic rings. The third kappa shape index (κ3) is 4.45. The maximum atomic E-state index is 13.2. The molecule has 0 radical (unpaired) electrons. The molecule has 1 aliphatic rings. The fourth-order valence-corrected chi connectivity index (χ4v) is 5.08. The molecule has 1 saturated carbocycles. The highest BCUT2D eigenvalue weighted by Gasteiger charge is 2.39. The van der Waals surface area contributed by atoms with E-state index < -0.39 is 17.5 Å². The number of alkyl halides is 3. The van der Waals surface area contributed by atoms with Crippen LogP contribution in [0.2, 0.25) is 5.02 Å². The normalized spacial score (nSPS) is 16.6. The largest absolute Gasteiger partial charge is 0.486 e. The molecule has 1 atom stereocenters. The van der Waals surface area contributed by atoms with Crippen LogP contribution < -0.4 is 9.47 Å². The van der Waals surface area contributed by atoms with Gasteiger partial charge in [-0.05, 0) is 36.6 Å². The van der Waals surface area contributed by atoms with Gasteiger partial charge in [0.15, 0.2) is 5.60 Å². The van der Waals surface area contributed by atoms with E-state index in [2.05, 4.69) is 21.9 Å². The number of aryl methyl sites for hydroxylation is 1. The second-order valence-corrected chi connectivity index (χ2v) is 10.4. The highest BCUT2D eigenvalue weighted by atomic mass is 35.5. The highest BCUT2D eigenvalue weighted by Crippen LogP contribution is 2.45. The zero-order valence-electron chi connectivity index (χ0n) is 21.0. The highest BCUT2D eigenvalue weighted by molar-refractivity contribution is 6.37. The standard InChI is InChI=1S/C27H26ClF3N4O3/c1-25(9-4-10-25)14-38-23-22(28)18-11-16(5-7-19(18)34-24(23)37-3)26(36,21-13-32-15-35(21)2)17-6-8-20(33-12-17)27(29,30)31/h5-8,11-13,15,36H,4,9-10,14H2,1-3H3. The zero-order chi connectivity index (χ0) is 27.3. The summed E-state index contributed by atoms with van der Waals surface area (Å²) in [6, 6.07) is 6.98. The fourth-order valence-electron chi connectivity index (χ4n) is 4.79. The maximum Gasteiger partial charge on any atom is 0.433 e. The van der Waals surface area contributed by atoms with Crippen LogP contribution in [-0.4, -0.2) is 38.3 Å². The second-order valence-electron chi connectivity index (χ2n) is 9.98. The van der Waals surface area contributed by atoms with Gasteiger partial charge in [0.1, 0.15) is 5.69 Å². The van der Waals surface area contributed by atoms with Gasteiger partial charge in [-0.1, -0.05) is 37.1 Å². The van der Waals surface area contributed by atoms with Crippen LogP contribution in [0.3, 0.4) is 0 Å². The average Bonchev–Trinajstić information content (AvgIpc) is 3.32. The lowest BCUT2D eigenvalue weighted by Crippen LogP contribution is -2.32. The van der Waals surface area contributed by atoms with Gasteiger partial charge in [0, 0.05) is 29.6 Å². The molecule has 1 aliphatic carbocycles. The van der Waals surface area contributed by atoms with Gasteiger partial charge in [0.25, 0.3) is 5.88 Å². The Hall–Kier alpha value is -3.37. The number of fused-ring (bicyclic) bond motifs is 1. The van der Waals surface area contributed by atoms with Gasteiger partial charge < -0.3 is 19.1 Å². The third-order valence-electron chi connectivity index (χ3n) is 7.24. The van der Waals surface area contributed by atoms with E-state index in [1.807, 2.05) is 0 Å². The topological polar surface area (TPSA) is 82.3 Å². The Kier molecular flexibility index (Phi) is 6.51. The molecule has 1 fully saturated rings. The minimum absolute atomic E-state index is 0.0561. The Morgan fingerprint density at radius 3 is 2.42 bits per heavy atom. The molecule has 0 spiro atoms. The third-order valence-corrected chi connectivity index (χ3v) is 7.62. The molecule has 3 aromatic heterocycles. The van der Waals surface area contributed by atoms with Gasteiger partial charge in [-0.2, -0.15) is 13.2 Å². The Bertz CT molecular complexity index is 1490. The molecule has 38 heavy (non-hydrogen) atoms. The monoisotopic (exact) mass is 546 g/mol. The molecule has 0 aliphatic heterocycles. The summed E-state index contributed by atoms with van der Waals surface area (Å²) >= 11 is 6.83. The number of hydrogen-bond donors (Lipinski definition) is 1. The lowest BCUT2D eigenvalue weighted by molar-refractivity contribution is -0.141. The number of nitrogens with zero attached hydrogens (tertiary/aromatic N) is 4. The van der Waals surface area contributed by atoms with Crippen molar-refractivity contribution >= 4 is 22.5 Å². The van der Waals surface area contributed by atoms with Gasteiger partial charge in [-0.15, -0.1) is 0 Å². The number of rotatable bonds is 7. The number of aromatic nitrogens is 4. The quantitative estimate of drug-likeness (QED) is 0.311. The predicted octanol–water partition coefficient (Wildman–Crippen LogP) is 5.90. The van der Waals surface area contributed by atoms with Crippen molar-refractivity contribution in [1.82, 2.24) is 19.5 Å². The van der Waals surface area contributed by atoms with Gasteiger partial charge in [-0.3, -0.25) is 4.98 Å². The summed E-state index contributed by atoms with van der Waals surface area (Å²) in [6.45, 7) is 2.60. The van der Waals surface area contributed by atoms with Gasteiger partial charge in [0.05, 0.1) is 42.5 Å². The number of ether oxygens (including phenoxy) is 2. The van der Waals surface area contributed by atoms with E-state index in [1.165, 1.54) is 25.7 Å². The number of benzene rings is 1. The van der Waals surface area contributed by atoms with Crippen LogP contribution in [0.25, 0.3) is 10.9 Å². The Labute approximate surface area is 222 Å². The van der Waals surface area contributed by atoms with E-state index in [1.54, 1.807) is 29.8 Å². The van der Waals surface area contributed by atoms with E-state index in [4.69, 9.17) is 21.1 Å². The molecular weight excluding hydrogens is 521 g/mol. The van der Waals surface area contributed by atoms with Crippen molar-refractivity contribution in [2.45, 2.75) is 38.0 Å². The van der Waals surface area contributed by atoms with Crippen molar-refractivity contribution < 1.29 is 27.8 Å². The van der Waals surface area contributed by atoms with Gasteiger partial charge in [0.2, 0.25) is 5.75 Å². The Morgan fingerprint density at radius 1 is 1.13 bits per heavy atom. The number of pyridine rings is 2. The van der Waals surface area contributed by atoms with Gasteiger partial charge in [-0.25, -0.2) is 9.97 Å². The number of hydrogen-bond acceptors (Lipinski definition) is 6. The fraction of sp³-hybridized carbons (Fsp3) is 0.370. The number of halogens is 4. The molecule has 0 amide bonds. The van der Waals surface area contributed by atoms with Crippen LogP contribution >= 0.6 is 11.6 Å². The predicted molar refractivity (Wildman–Crippen MR) is 135 cm³/mol. The number of aliphatic hydroxyl groups is 1. The zero-order valence-corrected chi connectivity index (χ0v) is 21.8. The maximum absolute atomic E-state index is 13.2. The SMILES string of the molecule is COc1nc2ccc(C(O)(c3ccc(C(F)(F)F)nc3)c3cncn3C)cc2c(Cl)c1OCC1(C)CCC1. The van der Waals surface area contributed by atoms with Crippen molar-refractivity contribution in [2.24, 2.45) is 12.5 Å². The molecule has 11 heteroatoms. The van der Waals surface area contributed by atoms with Crippen molar-refractivity contribution in [2.75, 3.05) is 13.7 Å². The number of imidazole rings is 1. The first-order chi connectivity index (χ1) is 18.0. The van der Waals surface area contributed by atoms with Crippen LogP contribution in [0.4, 0.5) is 13.2 Å². The number of methoxy groups -OCH3 is 1. The molecule has 5 rings (SSSR count). The first-order valence-corrected chi connectivity index (χ1v) is 12.4. The first kappa shape index (κ1) is 26.2. The van der Waals surface area contributed by atoms with Crippen molar-refractivity contribution in [1.29, 1.82) is 0 Å². The molecule has 1 N–H and O–H groups in total. The first-order valence-electron chi connectivity index (χ1n) is 12.0. The summed E-state index contributed by atoms with van der Waals surface area (Å²) in [4.78, 5) is 12.2. The van der Waals surface area contributed by atoms with E-state index in [-0.39, 0.29) is 21.9 Å². The minimum Gasteiger partial charge on any atom is -0.486 e. The summed E-state index contributed by atoms with van der Waals surface area (Å²) in [5.74, 6) is 0.541. The van der Waals surface area contributed by atoms with Crippen molar-refractivity contribution in [3.63, 3.8) is 0 Å². The van der Waals surface area contributed by atoms with Crippen LogP contribution in [0.15, 0.2) is 49.1 Å². The second kappa shape index (κ2) is 9.43. The van der Waals surface area contributed by atoms with E-state index in [0.29, 0.717) is 34.5 Å². The molecule has 7 nitrogen and oxygen atoms in total. The summed E-state index contributed by atoms with van der Waals surface area (Å²) in [6.07, 6.45) is 2.59. The van der Waals surface area contributed by atoms with Gasteiger partial charge >= 0.3 is 6.18 Å². The summed E-state index contributed by atoms with van der Waals surface area (Å²) in [5, 5.41) is 12.9. The van der Waals surface area contributed by atoms with Crippen LogP contribution in [-0.2, 0) is 18.8 Å².